The molecule has 2 amide bonds. The molecule has 0 spiro atoms. The third kappa shape index (κ3) is 6.30. The summed E-state index contributed by atoms with van der Waals surface area (Å²) in [6, 6.07) is -0.198. The number of hydrogen-bond acceptors (Lipinski definition) is 3. The van der Waals surface area contributed by atoms with Crippen LogP contribution in [0.25, 0.3) is 0 Å². The van der Waals surface area contributed by atoms with Crippen molar-refractivity contribution in [1.82, 2.24) is 15.5 Å². The number of hydrogen-bond donors (Lipinski definition) is 3. The fourth-order valence-corrected chi connectivity index (χ4v) is 3.37. The minimum Gasteiger partial charge on any atom is -0.388 e. The van der Waals surface area contributed by atoms with Gasteiger partial charge >= 0.3 is 6.03 Å². The van der Waals surface area contributed by atoms with E-state index in [9.17, 15) is 9.90 Å². The van der Waals surface area contributed by atoms with Gasteiger partial charge in [-0.15, -0.1) is 0 Å². The van der Waals surface area contributed by atoms with E-state index in [-0.39, 0.29) is 11.6 Å². The fourth-order valence-electron chi connectivity index (χ4n) is 3.37. The number of nitrogens with one attached hydrogen (secondary N) is 2. The summed E-state index contributed by atoms with van der Waals surface area (Å²) in [7, 11) is 0. The first-order valence-electron chi connectivity index (χ1n) is 9.11. The number of urea groups is 1. The Morgan fingerprint density at radius 2 is 1.57 bits per heavy atom. The second kappa shape index (κ2) is 8.34. The third-order valence-corrected chi connectivity index (χ3v) is 5.30. The number of carbonyl (C=O) groups excluding carboxylic acids is 1. The Balaban J connectivity index is 2.44. The van der Waals surface area contributed by atoms with Crippen molar-refractivity contribution in [3.63, 3.8) is 0 Å². The van der Waals surface area contributed by atoms with Crippen molar-refractivity contribution in [1.29, 1.82) is 0 Å². The summed E-state index contributed by atoms with van der Waals surface area (Å²) in [4.78, 5) is 14.5. The molecule has 0 saturated carbocycles. The number of nitrogens with zero attached hydrogens (tertiary/aromatic N) is 1. The van der Waals surface area contributed by atoms with Gasteiger partial charge in [-0.1, -0.05) is 27.7 Å². The van der Waals surface area contributed by atoms with Gasteiger partial charge in [0.2, 0.25) is 0 Å². The van der Waals surface area contributed by atoms with Gasteiger partial charge in [0.25, 0.3) is 0 Å². The predicted octanol–water partition coefficient (Wildman–Crippen LogP) is 2.59. The molecule has 0 aromatic carbocycles. The molecule has 136 valence electrons. The molecule has 1 fully saturated rings. The quantitative estimate of drug-likeness (QED) is 0.673. The third-order valence-electron chi connectivity index (χ3n) is 5.30. The van der Waals surface area contributed by atoms with Gasteiger partial charge < -0.3 is 15.7 Å². The van der Waals surface area contributed by atoms with Crippen LogP contribution in [-0.4, -0.2) is 53.4 Å². The van der Waals surface area contributed by atoms with Crippen molar-refractivity contribution in [2.24, 2.45) is 11.8 Å². The van der Waals surface area contributed by atoms with E-state index in [2.05, 4.69) is 43.2 Å². The molecule has 2 unspecified atom stereocenters. The lowest BCUT2D eigenvalue weighted by molar-refractivity contribution is 0.0339. The van der Waals surface area contributed by atoms with E-state index in [4.69, 9.17) is 0 Å². The van der Waals surface area contributed by atoms with E-state index >= 15 is 0 Å². The molecule has 1 aliphatic heterocycles. The number of piperidine rings is 1. The Bertz CT molecular complexity index is 370. The Hall–Kier alpha value is -0.810. The molecule has 3 N–H and O–H groups in total. The first kappa shape index (κ1) is 20.2. The molecule has 1 heterocycles. The first-order chi connectivity index (χ1) is 10.6. The van der Waals surface area contributed by atoms with Crippen LogP contribution in [-0.2, 0) is 0 Å². The summed E-state index contributed by atoms with van der Waals surface area (Å²) in [5.74, 6) is 1.41. The van der Waals surface area contributed by atoms with Gasteiger partial charge in [-0.25, -0.2) is 4.79 Å². The van der Waals surface area contributed by atoms with Crippen LogP contribution < -0.4 is 10.6 Å². The number of aliphatic hydroxyl groups is 1. The van der Waals surface area contributed by atoms with Crippen LogP contribution in [0.15, 0.2) is 0 Å². The van der Waals surface area contributed by atoms with Gasteiger partial charge in [-0.2, -0.15) is 0 Å². The predicted molar refractivity (Wildman–Crippen MR) is 95.5 cm³/mol. The van der Waals surface area contributed by atoms with Crippen molar-refractivity contribution in [3.8, 4) is 0 Å². The second-order valence-electron chi connectivity index (χ2n) is 8.13. The largest absolute Gasteiger partial charge is 0.388 e. The average molecular weight is 328 g/mol. The number of rotatable bonds is 7. The lowest BCUT2D eigenvalue weighted by Gasteiger charge is -2.45. The van der Waals surface area contributed by atoms with Gasteiger partial charge in [0.05, 0.1) is 5.60 Å². The van der Waals surface area contributed by atoms with Crippen molar-refractivity contribution in [2.45, 2.75) is 71.9 Å². The Morgan fingerprint density at radius 3 is 2.04 bits per heavy atom. The van der Waals surface area contributed by atoms with E-state index in [1.807, 2.05) is 13.8 Å². The first-order valence-corrected chi connectivity index (χ1v) is 9.11. The van der Waals surface area contributed by atoms with Crippen LogP contribution in [0.4, 0.5) is 4.79 Å². The highest BCUT2D eigenvalue weighted by Crippen LogP contribution is 2.26. The SMILES string of the molecule is CCC(O)(CC)CNC(=O)NCC(C)(C)N1CC(C)CC(C)C1. The van der Waals surface area contributed by atoms with Gasteiger partial charge in [0, 0.05) is 31.7 Å². The monoisotopic (exact) mass is 327 g/mol. The van der Waals surface area contributed by atoms with Crippen LogP contribution in [0, 0.1) is 11.8 Å². The molecule has 0 bridgehead atoms. The Kier molecular flexibility index (Phi) is 7.33. The van der Waals surface area contributed by atoms with Crippen molar-refractivity contribution >= 4 is 6.03 Å². The molecule has 1 rings (SSSR count). The van der Waals surface area contributed by atoms with Crippen LogP contribution >= 0.6 is 0 Å². The molecular formula is C18H37N3O2. The maximum absolute atomic E-state index is 12.0. The Labute approximate surface area is 142 Å². The topological polar surface area (TPSA) is 64.6 Å². The summed E-state index contributed by atoms with van der Waals surface area (Å²) in [6.45, 7) is 15.9. The summed E-state index contributed by atoms with van der Waals surface area (Å²) in [5, 5.41) is 16.0. The second-order valence-corrected chi connectivity index (χ2v) is 8.13. The normalized spacial score (nSPS) is 23.6. The van der Waals surface area contributed by atoms with Gasteiger partial charge in [0.15, 0.2) is 0 Å². The molecular weight excluding hydrogens is 290 g/mol. The number of carbonyl (C=O) groups is 1. The molecule has 0 aromatic heterocycles. The summed E-state index contributed by atoms with van der Waals surface area (Å²) < 4.78 is 0. The minimum atomic E-state index is -0.801. The molecule has 1 saturated heterocycles. The maximum Gasteiger partial charge on any atom is 0.314 e. The highest BCUT2D eigenvalue weighted by atomic mass is 16.3. The molecule has 5 nitrogen and oxygen atoms in total. The molecule has 5 heteroatoms. The van der Waals surface area contributed by atoms with Gasteiger partial charge in [0.1, 0.15) is 0 Å². The average Bonchev–Trinajstić information content (AvgIpc) is 2.49. The van der Waals surface area contributed by atoms with E-state index in [1.54, 1.807) is 0 Å². The number of likely N-dealkylation sites (tertiary alicyclic amines) is 1. The molecule has 0 aliphatic carbocycles. The molecule has 1 aliphatic rings. The van der Waals surface area contributed by atoms with Crippen LogP contribution in [0.5, 0.6) is 0 Å². The van der Waals surface area contributed by atoms with Crippen molar-refractivity contribution in [3.05, 3.63) is 0 Å². The summed E-state index contributed by atoms with van der Waals surface area (Å²) in [6.07, 6.45) is 2.56. The summed E-state index contributed by atoms with van der Waals surface area (Å²) >= 11 is 0. The van der Waals surface area contributed by atoms with E-state index in [0.717, 1.165) is 13.1 Å². The molecule has 23 heavy (non-hydrogen) atoms. The zero-order valence-electron chi connectivity index (χ0n) is 15.9. The number of amides is 2. The Morgan fingerprint density at radius 1 is 1.09 bits per heavy atom. The molecule has 2 atom stereocenters. The van der Waals surface area contributed by atoms with Gasteiger partial charge in [-0.3, -0.25) is 4.90 Å². The highest BCUT2D eigenvalue weighted by Gasteiger charge is 2.33. The zero-order chi connectivity index (χ0) is 17.7. The van der Waals surface area contributed by atoms with Crippen molar-refractivity contribution in [2.75, 3.05) is 26.2 Å². The standard InChI is InChI=1S/C18H37N3O2/c1-7-18(23,8-2)13-20-16(22)19-12-17(5,6)21-10-14(3)9-15(4)11-21/h14-15,23H,7-13H2,1-6H3,(H2,19,20,22). The van der Waals surface area contributed by atoms with E-state index in [1.165, 1.54) is 6.42 Å². The van der Waals surface area contributed by atoms with Crippen LogP contribution in [0.3, 0.4) is 0 Å². The van der Waals surface area contributed by atoms with Crippen molar-refractivity contribution < 1.29 is 9.90 Å². The van der Waals surface area contributed by atoms with E-state index < -0.39 is 5.60 Å². The smallest absolute Gasteiger partial charge is 0.314 e. The van der Waals surface area contributed by atoms with Gasteiger partial charge in [-0.05, 0) is 44.9 Å². The molecule has 0 radical (unpaired) electrons. The lowest BCUT2D eigenvalue weighted by Crippen LogP contribution is -2.57. The van der Waals surface area contributed by atoms with Crippen LogP contribution in [0.1, 0.15) is 60.8 Å². The summed E-state index contributed by atoms with van der Waals surface area (Å²) in [5.41, 5.74) is -0.864. The van der Waals surface area contributed by atoms with Crippen LogP contribution in [0.2, 0.25) is 0 Å². The molecule has 0 aromatic rings. The minimum absolute atomic E-state index is 0.0634. The zero-order valence-corrected chi connectivity index (χ0v) is 15.9. The maximum atomic E-state index is 12.0. The lowest BCUT2D eigenvalue weighted by atomic mass is 9.88. The highest BCUT2D eigenvalue weighted by molar-refractivity contribution is 5.74. The fraction of sp³-hybridized carbons (Fsp3) is 0.944. The van der Waals surface area contributed by atoms with E-state index in [0.29, 0.717) is 37.8 Å².